The first-order valence-electron chi connectivity index (χ1n) is 7.33. The predicted molar refractivity (Wildman–Crippen MR) is 86.4 cm³/mol. The molecule has 0 fully saturated rings. The molecule has 4 nitrogen and oxygen atoms in total. The van der Waals surface area contributed by atoms with Gasteiger partial charge in [0.05, 0.1) is 0 Å². The molecule has 118 valence electrons. The van der Waals surface area contributed by atoms with Crippen molar-refractivity contribution >= 4 is 5.91 Å². The maximum atomic E-state index is 11.7. The molecule has 0 aliphatic carbocycles. The summed E-state index contributed by atoms with van der Waals surface area (Å²) in [6, 6.07) is 7.81. The molecular weight excluding hydrogens is 264 g/mol. The summed E-state index contributed by atoms with van der Waals surface area (Å²) in [6.07, 6.45) is 0. The number of hydrogen-bond acceptors (Lipinski definition) is 3. The lowest BCUT2D eigenvalue weighted by atomic mass is 10.1. The summed E-state index contributed by atoms with van der Waals surface area (Å²) in [5, 5.41) is 6.29. The molecule has 0 saturated heterocycles. The van der Waals surface area contributed by atoms with E-state index in [1.807, 2.05) is 45.0 Å². The van der Waals surface area contributed by atoms with E-state index < -0.39 is 0 Å². The maximum absolute atomic E-state index is 11.7. The number of benzene rings is 1. The molecule has 1 aromatic carbocycles. The fraction of sp³-hybridized carbons (Fsp3) is 0.588. The third-order valence-electron chi connectivity index (χ3n) is 2.63. The van der Waals surface area contributed by atoms with Gasteiger partial charge in [-0.3, -0.25) is 4.79 Å². The number of ether oxygens (including phenoxy) is 1. The van der Waals surface area contributed by atoms with Gasteiger partial charge in [0.25, 0.3) is 5.91 Å². The van der Waals surface area contributed by atoms with Crippen molar-refractivity contribution in [3.8, 4) is 5.75 Å². The monoisotopic (exact) mass is 292 g/mol. The van der Waals surface area contributed by atoms with E-state index >= 15 is 0 Å². The first kappa shape index (κ1) is 17.5. The predicted octanol–water partition coefficient (Wildman–Crippen LogP) is 2.87. The van der Waals surface area contributed by atoms with Gasteiger partial charge in [-0.1, -0.05) is 12.1 Å². The standard InChI is InChI=1S/C17H28N2O2/c1-16(2,3)18-11-13-7-9-14(10-8-13)21-12-15(20)19-17(4,5)6/h7-10,18H,11-12H2,1-6H3,(H,19,20). The van der Waals surface area contributed by atoms with Gasteiger partial charge in [0.2, 0.25) is 0 Å². The van der Waals surface area contributed by atoms with Crippen molar-refractivity contribution in [1.82, 2.24) is 10.6 Å². The molecule has 0 aliphatic rings. The van der Waals surface area contributed by atoms with E-state index in [9.17, 15) is 4.79 Å². The van der Waals surface area contributed by atoms with Crippen molar-refractivity contribution in [2.45, 2.75) is 59.2 Å². The summed E-state index contributed by atoms with van der Waals surface area (Å²) in [4.78, 5) is 11.7. The summed E-state index contributed by atoms with van der Waals surface area (Å²) in [6.45, 7) is 13.1. The SMILES string of the molecule is CC(C)(C)NCc1ccc(OCC(=O)NC(C)(C)C)cc1. The second kappa shape index (κ2) is 6.94. The van der Waals surface area contributed by atoms with Crippen LogP contribution in [0.4, 0.5) is 0 Å². The average Bonchev–Trinajstić information content (AvgIpc) is 2.32. The molecular formula is C17H28N2O2. The second-order valence-electron chi connectivity index (χ2n) is 7.33. The van der Waals surface area contributed by atoms with Crippen molar-refractivity contribution in [2.24, 2.45) is 0 Å². The minimum absolute atomic E-state index is 0.0385. The Bertz CT molecular complexity index is 453. The maximum Gasteiger partial charge on any atom is 0.258 e. The smallest absolute Gasteiger partial charge is 0.258 e. The number of rotatable bonds is 5. The Kier molecular flexibility index (Phi) is 5.78. The van der Waals surface area contributed by atoms with E-state index in [0.717, 1.165) is 6.54 Å². The van der Waals surface area contributed by atoms with E-state index in [1.165, 1.54) is 5.56 Å². The zero-order valence-electron chi connectivity index (χ0n) is 14.0. The fourth-order valence-electron chi connectivity index (χ4n) is 1.67. The lowest BCUT2D eigenvalue weighted by Gasteiger charge is -2.21. The highest BCUT2D eigenvalue weighted by Gasteiger charge is 2.14. The van der Waals surface area contributed by atoms with Gasteiger partial charge in [-0.25, -0.2) is 0 Å². The highest BCUT2D eigenvalue weighted by molar-refractivity contribution is 5.78. The minimum atomic E-state index is -0.233. The third-order valence-corrected chi connectivity index (χ3v) is 2.63. The van der Waals surface area contributed by atoms with Crippen LogP contribution in [0.5, 0.6) is 5.75 Å². The summed E-state index contributed by atoms with van der Waals surface area (Å²) in [5.74, 6) is 0.597. The Morgan fingerprint density at radius 2 is 1.57 bits per heavy atom. The Labute approximate surface area is 128 Å². The zero-order valence-corrected chi connectivity index (χ0v) is 14.0. The van der Waals surface area contributed by atoms with Gasteiger partial charge in [-0.15, -0.1) is 0 Å². The highest BCUT2D eigenvalue weighted by Crippen LogP contribution is 2.13. The van der Waals surface area contributed by atoms with Gasteiger partial charge < -0.3 is 15.4 Å². The van der Waals surface area contributed by atoms with E-state index in [0.29, 0.717) is 5.75 Å². The summed E-state index contributed by atoms with van der Waals surface area (Å²) in [5.41, 5.74) is 1.06. The molecule has 1 amide bonds. The summed E-state index contributed by atoms with van der Waals surface area (Å²) in [7, 11) is 0. The molecule has 0 aromatic heterocycles. The van der Waals surface area contributed by atoms with Crippen molar-refractivity contribution in [3.63, 3.8) is 0 Å². The Hall–Kier alpha value is -1.55. The molecule has 0 saturated carbocycles. The molecule has 0 bridgehead atoms. The van der Waals surface area contributed by atoms with Crippen molar-refractivity contribution in [3.05, 3.63) is 29.8 Å². The third kappa shape index (κ3) is 8.35. The minimum Gasteiger partial charge on any atom is -0.484 e. The molecule has 1 rings (SSSR count). The second-order valence-corrected chi connectivity index (χ2v) is 7.33. The van der Waals surface area contributed by atoms with Gasteiger partial charge in [-0.2, -0.15) is 0 Å². The van der Waals surface area contributed by atoms with Crippen molar-refractivity contribution < 1.29 is 9.53 Å². The molecule has 0 atom stereocenters. The molecule has 4 heteroatoms. The fourth-order valence-corrected chi connectivity index (χ4v) is 1.67. The van der Waals surface area contributed by atoms with E-state index in [-0.39, 0.29) is 23.6 Å². The van der Waals surface area contributed by atoms with Crippen LogP contribution in [-0.4, -0.2) is 23.6 Å². The van der Waals surface area contributed by atoms with Gasteiger partial charge in [0.1, 0.15) is 5.75 Å². The molecule has 0 unspecified atom stereocenters. The van der Waals surface area contributed by atoms with Gasteiger partial charge in [0.15, 0.2) is 6.61 Å². The number of carbonyl (C=O) groups excluding carboxylic acids is 1. The molecule has 0 aliphatic heterocycles. The zero-order chi connectivity index (χ0) is 16.1. The van der Waals surface area contributed by atoms with Gasteiger partial charge in [0, 0.05) is 17.6 Å². The molecule has 1 aromatic rings. The topological polar surface area (TPSA) is 50.4 Å². The van der Waals surface area contributed by atoms with Crippen LogP contribution in [-0.2, 0) is 11.3 Å². The van der Waals surface area contributed by atoms with Crippen LogP contribution in [0.2, 0.25) is 0 Å². The average molecular weight is 292 g/mol. The van der Waals surface area contributed by atoms with Crippen LogP contribution in [0.3, 0.4) is 0 Å². The first-order valence-corrected chi connectivity index (χ1v) is 7.33. The number of nitrogens with one attached hydrogen (secondary N) is 2. The normalized spacial score (nSPS) is 12.1. The molecule has 0 heterocycles. The number of amides is 1. The van der Waals surface area contributed by atoms with E-state index in [2.05, 4.69) is 31.4 Å². The van der Waals surface area contributed by atoms with Crippen LogP contribution in [0.1, 0.15) is 47.1 Å². The summed E-state index contributed by atoms with van der Waals surface area (Å²) >= 11 is 0. The highest BCUT2D eigenvalue weighted by atomic mass is 16.5. The van der Waals surface area contributed by atoms with Crippen LogP contribution < -0.4 is 15.4 Å². The van der Waals surface area contributed by atoms with Crippen molar-refractivity contribution in [1.29, 1.82) is 0 Å². The lowest BCUT2D eigenvalue weighted by molar-refractivity contribution is -0.124. The largest absolute Gasteiger partial charge is 0.484 e. The number of hydrogen-bond donors (Lipinski definition) is 2. The molecule has 2 N–H and O–H groups in total. The van der Waals surface area contributed by atoms with E-state index in [1.54, 1.807) is 0 Å². The van der Waals surface area contributed by atoms with Crippen molar-refractivity contribution in [2.75, 3.05) is 6.61 Å². The van der Waals surface area contributed by atoms with Crippen LogP contribution in [0, 0.1) is 0 Å². The van der Waals surface area contributed by atoms with Crippen LogP contribution in [0.25, 0.3) is 0 Å². The molecule has 0 radical (unpaired) electrons. The number of carbonyl (C=O) groups is 1. The van der Waals surface area contributed by atoms with Gasteiger partial charge in [-0.05, 0) is 59.2 Å². The quantitative estimate of drug-likeness (QED) is 0.877. The van der Waals surface area contributed by atoms with Crippen LogP contribution in [0.15, 0.2) is 24.3 Å². The molecule has 21 heavy (non-hydrogen) atoms. The summed E-state index contributed by atoms with van der Waals surface area (Å²) < 4.78 is 5.48. The first-order chi connectivity index (χ1) is 9.55. The Balaban J connectivity index is 2.43. The van der Waals surface area contributed by atoms with Gasteiger partial charge >= 0.3 is 0 Å². The Morgan fingerprint density at radius 1 is 1.00 bits per heavy atom. The Morgan fingerprint density at radius 3 is 2.05 bits per heavy atom. The lowest BCUT2D eigenvalue weighted by Crippen LogP contribution is -2.43. The molecule has 0 spiro atoms. The van der Waals surface area contributed by atoms with E-state index in [4.69, 9.17) is 4.74 Å². The van der Waals surface area contributed by atoms with Crippen LogP contribution >= 0.6 is 0 Å².